The third-order valence-electron chi connectivity index (χ3n) is 7.66. The first kappa shape index (κ1) is 29.0. The average molecular weight is 570 g/mol. The summed E-state index contributed by atoms with van der Waals surface area (Å²) in [7, 11) is 4.18. The Bertz CT molecular complexity index is 1610. The van der Waals surface area contributed by atoms with Crippen molar-refractivity contribution in [3.63, 3.8) is 0 Å². The molecule has 1 fully saturated rings. The number of rotatable bonds is 10. The topological polar surface area (TPSA) is 130 Å². The van der Waals surface area contributed by atoms with Gasteiger partial charge in [-0.3, -0.25) is 14.5 Å². The van der Waals surface area contributed by atoms with Crippen LogP contribution in [0.15, 0.2) is 71.7 Å². The molecule has 1 aromatic heterocycles. The first-order chi connectivity index (χ1) is 20.2. The van der Waals surface area contributed by atoms with Gasteiger partial charge in [-0.2, -0.15) is 0 Å². The summed E-state index contributed by atoms with van der Waals surface area (Å²) in [5, 5.41) is 21.1. The van der Waals surface area contributed by atoms with Crippen LogP contribution in [-0.2, 0) is 4.84 Å². The largest absolute Gasteiger partial charge is 0.494 e. The van der Waals surface area contributed by atoms with E-state index >= 15 is 0 Å². The quantitative estimate of drug-likeness (QED) is 0.127. The molecule has 0 aliphatic carbocycles. The molecule has 1 saturated heterocycles. The molecule has 1 aliphatic rings. The van der Waals surface area contributed by atoms with Crippen molar-refractivity contribution in [2.24, 2.45) is 4.99 Å². The predicted molar refractivity (Wildman–Crippen MR) is 162 cm³/mol. The molecule has 0 radical (unpaired) electrons. The number of hydrogen-bond donors (Lipinski definition) is 4. The molecule has 1 amide bonds. The minimum absolute atomic E-state index is 0.117. The number of carbonyl (C=O) groups is 2. The van der Waals surface area contributed by atoms with Gasteiger partial charge in [0.25, 0.3) is 5.91 Å². The van der Waals surface area contributed by atoms with Gasteiger partial charge in [-0.1, -0.05) is 30.3 Å². The number of aliphatic imine (C=N–C) groups is 1. The maximum atomic E-state index is 12.7. The van der Waals surface area contributed by atoms with Crippen LogP contribution < -0.4 is 5.48 Å². The van der Waals surface area contributed by atoms with Crippen molar-refractivity contribution in [1.82, 2.24) is 20.3 Å². The number of fused-ring (bicyclic) bond motifs is 1. The minimum Gasteiger partial charge on any atom is -0.494 e. The summed E-state index contributed by atoms with van der Waals surface area (Å²) < 4.78 is 0. The van der Waals surface area contributed by atoms with Crippen LogP contribution in [0.3, 0.4) is 0 Å². The van der Waals surface area contributed by atoms with Gasteiger partial charge in [0.05, 0.1) is 29.1 Å². The lowest BCUT2D eigenvalue weighted by molar-refractivity contribution is 0.0239. The summed E-state index contributed by atoms with van der Waals surface area (Å²) >= 11 is 0. The van der Waals surface area contributed by atoms with Crippen molar-refractivity contribution in [3.8, 4) is 5.88 Å². The summed E-state index contributed by atoms with van der Waals surface area (Å²) in [6.07, 6.45) is 1.13. The van der Waals surface area contributed by atoms with Gasteiger partial charge in [0, 0.05) is 41.2 Å². The van der Waals surface area contributed by atoms with Crippen LogP contribution in [0.5, 0.6) is 5.88 Å². The van der Waals surface area contributed by atoms with E-state index < -0.39 is 5.97 Å². The third kappa shape index (κ3) is 6.36. The Morgan fingerprint density at radius 2 is 1.83 bits per heavy atom. The van der Waals surface area contributed by atoms with Crippen LogP contribution in [0.2, 0.25) is 0 Å². The fraction of sp³-hybridized carbons (Fsp3) is 0.281. The Balaban J connectivity index is 1.33. The van der Waals surface area contributed by atoms with Crippen LogP contribution >= 0.6 is 0 Å². The number of aromatic nitrogens is 1. The molecule has 5 rings (SSSR count). The van der Waals surface area contributed by atoms with E-state index in [1.165, 1.54) is 6.07 Å². The Kier molecular flexibility index (Phi) is 8.67. The van der Waals surface area contributed by atoms with Gasteiger partial charge < -0.3 is 20.1 Å². The summed E-state index contributed by atoms with van der Waals surface area (Å²) in [5.41, 5.74) is 6.45. The molecule has 0 saturated carbocycles. The van der Waals surface area contributed by atoms with Gasteiger partial charge in [-0.05, 0) is 75.9 Å². The molecule has 1 aliphatic heterocycles. The van der Waals surface area contributed by atoms with Crippen LogP contribution in [0.1, 0.15) is 43.8 Å². The minimum atomic E-state index is -1.04. The van der Waals surface area contributed by atoms with Gasteiger partial charge in [-0.15, -0.1) is 0 Å². The van der Waals surface area contributed by atoms with E-state index in [2.05, 4.69) is 34.4 Å². The summed E-state index contributed by atoms with van der Waals surface area (Å²) in [6.45, 7) is 4.88. The number of carboxylic acid groups (broad SMARTS) is 1. The van der Waals surface area contributed by atoms with Gasteiger partial charge in [0.1, 0.15) is 0 Å². The Morgan fingerprint density at radius 1 is 1.10 bits per heavy atom. The molecule has 2 heterocycles. The van der Waals surface area contributed by atoms with E-state index in [1.54, 1.807) is 37.3 Å². The molecule has 1 atom stereocenters. The first-order valence-corrected chi connectivity index (χ1v) is 13.9. The van der Waals surface area contributed by atoms with Gasteiger partial charge in [0.2, 0.25) is 0 Å². The number of likely N-dealkylation sites (tertiary alicyclic amines) is 1. The van der Waals surface area contributed by atoms with Crippen LogP contribution in [0.25, 0.3) is 10.9 Å². The highest BCUT2D eigenvalue weighted by Gasteiger charge is 2.24. The van der Waals surface area contributed by atoms with E-state index in [0.29, 0.717) is 51.6 Å². The number of aromatic amines is 1. The maximum absolute atomic E-state index is 12.7. The zero-order valence-corrected chi connectivity index (χ0v) is 23.9. The van der Waals surface area contributed by atoms with E-state index in [-0.39, 0.29) is 17.4 Å². The Morgan fingerprint density at radius 3 is 2.50 bits per heavy atom. The molecular formula is C32H35N5O5. The van der Waals surface area contributed by atoms with Crippen molar-refractivity contribution in [3.05, 3.63) is 94.5 Å². The van der Waals surface area contributed by atoms with Gasteiger partial charge in [-0.25, -0.2) is 15.3 Å². The van der Waals surface area contributed by atoms with Crippen molar-refractivity contribution < 1.29 is 24.6 Å². The highest BCUT2D eigenvalue weighted by atomic mass is 16.7. The number of hydroxylamine groups is 1. The highest BCUT2D eigenvalue weighted by Crippen LogP contribution is 2.33. The number of carboxylic acids is 1. The van der Waals surface area contributed by atoms with E-state index in [4.69, 9.17) is 9.83 Å². The Hall–Kier alpha value is -4.51. The Labute approximate surface area is 244 Å². The molecule has 0 spiro atoms. The smallest absolute Gasteiger partial charge is 0.336 e. The number of hydrogen-bond acceptors (Lipinski definition) is 7. The lowest BCUT2D eigenvalue weighted by Crippen LogP contribution is -2.34. The van der Waals surface area contributed by atoms with Crippen molar-refractivity contribution >= 4 is 34.2 Å². The molecule has 4 aromatic rings. The SMILES string of the molecule is Cc1cc2c(C(=Nc3ccc(C(=O)NOCCN4CC[C@H](N(C)C)C4)cc3)c3ccccc3)c(O)[nH]c2cc1C(=O)O. The lowest BCUT2D eigenvalue weighted by Gasteiger charge is -2.20. The standard InChI is InChI=1S/C32H35N5O5/c1-20-17-26-27(18-25(20)32(40)41)34-31(39)28(26)29(21-7-5-4-6-8-21)33-23-11-9-22(10-12-23)30(38)35-42-16-15-37-14-13-24(19-37)36(2)3/h4-12,17-18,24,34,39H,13-16,19H2,1-3H3,(H,35,38)(H,40,41)/t24-/m0/s1. The molecule has 42 heavy (non-hydrogen) atoms. The predicted octanol–water partition coefficient (Wildman–Crippen LogP) is 4.35. The number of aryl methyl sites for hydroxylation is 1. The lowest BCUT2D eigenvalue weighted by atomic mass is 9.98. The van der Waals surface area contributed by atoms with Crippen molar-refractivity contribution in [2.45, 2.75) is 19.4 Å². The number of nitrogens with one attached hydrogen (secondary N) is 2. The fourth-order valence-corrected chi connectivity index (χ4v) is 5.27. The number of benzene rings is 3. The number of nitrogens with zero attached hydrogens (tertiary/aromatic N) is 3. The normalized spacial score (nSPS) is 15.9. The molecule has 218 valence electrons. The highest BCUT2D eigenvalue weighted by molar-refractivity contribution is 6.22. The zero-order valence-electron chi connectivity index (χ0n) is 23.9. The number of aromatic carboxylic acids is 1. The second-order valence-electron chi connectivity index (χ2n) is 10.7. The number of amides is 1. The number of carbonyl (C=O) groups excluding carboxylic acids is 1. The van der Waals surface area contributed by atoms with Gasteiger partial charge in [0.15, 0.2) is 5.88 Å². The molecule has 10 heteroatoms. The molecule has 10 nitrogen and oxygen atoms in total. The van der Waals surface area contributed by atoms with Crippen molar-refractivity contribution in [1.29, 1.82) is 0 Å². The van der Waals surface area contributed by atoms with Crippen LogP contribution in [-0.4, -0.2) is 89.0 Å². The molecular weight excluding hydrogens is 534 g/mol. The summed E-state index contributed by atoms with van der Waals surface area (Å²) in [5.74, 6) is -1.50. The van der Waals surface area contributed by atoms with E-state index in [1.807, 2.05) is 30.3 Å². The second-order valence-corrected chi connectivity index (χ2v) is 10.7. The van der Waals surface area contributed by atoms with Gasteiger partial charge >= 0.3 is 5.97 Å². The number of aromatic hydroxyl groups is 1. The summed E-state index contributed by atoms with van der Waals surface area (Å²) in [4.78, 5) is 42.1. The number of H-pyrrole nitrogens is 1. The monoisotopic (exact) mass is 569 g/mol. The zero-order chi connectivity index (χ0) is 29.8. The maximum Gasteiger partial charge on any atom is 0.336 e. The third-order valence-corrected chi connectivity index (χ3v) is 7.66. The van der Waals surface area contributed by atoms with Crippen molar-refractivity contribution in [2.75, 3.05) is 40.3 Å². The number of likely N-dealkylation sites (N-methyl/N-ethyl adjacent to an activating group) is 1. The molecule has 4 N–H and O–H groups in total. The molecule has 0 bridgehead atoms. The summed E-state index contributed by atoms with van der Waals surface area (Å²) in [6, 6.07) is 20.0. The second kappa shape index (κ2) is 12.6. The fourth-order valence-electron chi connectivity index (χ4n) is 5.27. The molecule has 0 unspecified atom stereocenters. The first-order valence-electron chi connectivity index (χ1n) is 13.9. The van der Waals surface area contributed by atoms with E-state index in [0.717, 1.165) is 31.6 Å². The van der Waals surface area contributed by atoms with Crippen LogP contribution in [0.4, 0.5) is 5.69 Å². The molecule has 3 aromatic carbocycles. The van der Waals surface area contributed by atoms with E-state index in [9.17, 15) is 19.8 Å². The average Bonchev–Trinajstić information content (AvgIpc) is 3.58. The van der Waals surface area contributed by atoms with Crippen LogP contribution in [0, 0.1) is 6.92 Å².